The second-order valence-electron chi connectivity index (χ2n) is 6.98. The molecule has 2 aliphatic rings. The van der Waals surface area contributed by atoms with E-state index in [0.717, 1.165) is 38.0 Å². The largest absolute Gasteiger partial charge is 0.387 e. The molecule has 0 aliphatic carbocycles. The summed E-state index contributed by atoms with van der Waals surface area (Å²) in [5.41, 5.74) is 0.970. The number of rotatable bonds is 6. The van der Waals surface area contributed by atoms with Crippen LogP contribution in [0.3, 0.4) is 0 Å². The van der Waals surface area contributed by atoms with Crippen molar-refractivity contribution in [2.75, 3.05) is 45.9 Å². The summed E-state index contributed by atoms with van der Waals surface area (Å²) >= 11 is 0. The minimum atomic E-state index is -0.437. The van der Waals surface area contributed by atoms with Gasteiger partial charge in [0.25, 0.3) is 0 Å². The van der Waals surface area contributed by atoms with Crippen LogP contribution in [0.2, 0.25) is 0 Å². The number of nitrogens with zero attached hydrogens (tertiary/aromatic N) is 1. The Balaban J connectivity index is 0.00000182. The van der Waals surface area contributed by atoms with Gasteiger partial charge in [-0.15, -0.1) is 24.8 Å². The number of likely N-dealkylation sites (tertiary alicyclic amines) is 1. The standard InChI is InChI=1S/C19H29N3O3.2ClH/c23-17(16-4-2-1-3-5-16)14-22-9-6-15(7-10-22)12-21-19(24)18-13-20-8-11-25-18;;/h1-5,15,17-18,20,23H,6-14H2,(H,21,24);2*1H/t17?,18-;;/m1../s1. The van der Waals surface area contributed by atoms with E-state index in [-0.39, 0.29) is 36.8 Å². The predicted octanol–water partition coefficient (Wildman–Crippen LogP) is 1.38. The van der Waals surface area contributed by atoms with Crippen molar-refractivity contribution in [1.29, 1.82) is 0 Å². The van der Waals surface area contributed by atoms with Crippen LogP contribution >= 0.6 is 24.8 Å². The SMILES string of the molecule is Cl.Cl.O=C(NCC1CCN(CC(O)c2ccccc2)CC1)[C@H]1CNCCO1. The minimum absolute atomic E-state index is 0. The van der Waals surface area contributed by atoms with Crippen LogP contribution in [0.15, 0.2) is 30.3 Å². The molecule has 1 unspecified atom stereocenters. The molecule has 3 rings (SSSR count). The van der Waals surface area contributed by atoms with Crippen LogP contribution in [0, 0.1) is 5.92 Å². The fraction of sp³-hybridized carbons (Fsp3) is 0.632. The Bertz CT molecular complexity index is 536. The molecule has 0 saturated carbocycles. The maximum absolute atomic E-state index is 12.1. The summed E-state index contributed by atoms with van der Waals surface area (Å²) in [4.78, 5) is 14.4. The summed E-state index contributed by atoms with van der Waals surface area (Å²) in [7, 11) is 0. The van der Waals surface area contributed by atoms with Crippen LogP contribution in [0.5, 0.6) is 0 Å². The zero-order chi connectivity index (χ0) is 17.5. The van der Waals surface area contributed by atoms with Crippen molar-refractivity contribution in [3.05, 3.63) is 35.9 Å². The maximum atomic E-state index is 12.1. The second-order valence-corrected chi connectivity index (χ2v) is 6.98. The Morgan fingerprint density at radius 2 is 1.96 bits per heavy atom. The first kappa shape index (κ1) is 24.1. The van der Waals surface area contributed by atoms with Gasteiger partial charge in [-0.25, -0.2) is 0 Å². The average Bonchev–Trinajstić information content (AvgIpc) is 2.68. The molecular formula is C19H31Cl2N3O3. The van der Waals surface area contributed by atoms with E-state index >= 15 is 0 Å². The number of nitrogens with one attached hydrogen (secondary N) is 2. The number of aliphatic hydroxyl groups excluding tert-OH is 1. The first-order chi connectivity index (χ1) is 12.2. The average molecular weight is 420 g/mol. The van der Waals surface area contributed by atoms with Crippen molar-refractivity contribution in [3.8, 4) is 0 Å². The molecule has 8 heteroatoms. The lowest BCUT2D eigenvalue weighted by atomic mass is 9.96. The molecule has 154 valence electrons. The topological polar surface area (TPSA) is 73.8 Å². The second kappa shape index (κ2) is 12.5. The zero-order valence-electron chi connectivity index (χ0n) is 15.5. The molecule has 1 aromatic carbocycles. The lowest BCUT2D eigenvalue weighted by Crippen LogP contribution is -2.49. The lowest BCUT2D eigenvalue weighted by molar-refractivity contribution is -0.134. The highest BCUT2D eigenvalue weighted by atomic mass is 35.5. The number of piperidine rings is 1. The van der Waals surface area contributed by atoms with Crippen molar-refractivity contribution in [2.24, 2.45) is 5.92 Å². The van der Waals surface area contributed by atoms with Crippen LogP contribution in [0.1, 0.15) is 24.5 Å². The van der Waals surface area contributed by atoms with Crippen molar-refractivity contribution >= 4 is 30.7 Å². The molecular weight excluding hydrogens is 389 g/mol. The predicted molar refractivity (Wildman–Crippen MR) is 111 cm³/mol. The first-order valence-electron chi connectivity index (χ1n) is 9.28. The van der Waals surface area contributed by atoms with Gasteiger partial charge in [-0.1, -0.05) is 30.3 Å². The summed E-state index contributed by atoms with van der Waals surface area (Å²) in [6.45, 7) is 5.33. The van der Waals surface area contributed by atoms with Gasteiger partial charge in [-0.3, -0.25) is 4.79 Å². The number of benzene rings is 1. The van der Waals surface area contributed by atoms with E-state index in [1.165, 1.54) is 0 Å². The van der Waals surface area contributed by atoms with E-state index in [9.17, 15) is 9.90 Å². The summed E-state index contributed by atoms with van der Waals surface area (Å²) in [6, 6.07) is 9.81. The zero-order valence-corrected chi connectivity index (χ0v) is 17.1. The van der Waals surface area contributed by atoms with Gasteiger partial charge in [0.1, 0.15) is 6.10 Å². The first-order valence-corrected chi connectivity index (χ1v) is 9.28. The quantitative estimate of drug-likeness (QED) is 0.649. The van der Waals surface area contributed by atoms with Crippen molar-refractivity contribution in [3.63, 3.8) is 0 Å². The van der Waals surface area contributed by atoms with Crippen LogP contribution in [-0.2, 0) is 9.53 Å². The van der Waals surface area contributed by atoms with E-state index in [2.05, 4.69) is 15.5 Å². The van der Waals surface area contributed by atoms with Crippen LogP contribution in [0.4, 0.5) is 0 Å². The van der Waals surface area contributed by atoms with Gasteiger partial charge < -0.3 is 25.4 Å². The number of hydrogen-bond donors (Lipinski definition) is 3. The molecule has 2 aliphatic heterocycles. The smallest absolute Gasteiger partial charge is 0.250 e. The van der Waals surface area contributed by atoms with E-state index in [1.54, 1.807) is 0 Å². The highest BCUT2D eigenvalue weighted by Gasteiger charge is 2.25. The Morgan fingerprint density at radius 3 is 2.59 bits per heavy atom. The minimum Gasteiger partial charge on any atom is -0.387 e. The number of aliphatic hydroxyl groups is 1. The van der Waals surface area contributed by atoms with E-state index in [0.29, 0.717) is 32.2 Å². The third kappa shape index (κ3) is 7.56. The molecule has 0 spiro atoms. The molecule has 1 amide bonds. The molecule has 2 heterocycles. The number of β-amino-alcohol motifs (C(OH)–C–C–N with tert-alkyl or cyclic N) is 1. The molecule has 0 bridgehead atoms. The van der Waals surface area contributed by atoms with Gasteiger partial charge in [-0.2, -0.15) is 0 Å². The van der Waals surface area contributed by atoms with Gasteiger partial charge >= 0.3 is 0 Å². The van der Waals surface area contributed by atoms with E-state index in [1.807, 2.05) is 30.3 Å². The fourth-order valence-corrected chi connectivity index (χ4v) is 3.49. The molecule has 2 saturated heterocycles. The summed E-state index contributed by atoms with van der Waals surface area (Å²) < 4.78 is 5.47. The third-order valence-corrected chi connectivity index (χ3v) is 5.11. The Hall–Kier alpha value is -0.890. The van der Waals surface area contributed by atoms with Crippen LogP contribution in [0.25, 0.3) is 0 Å². The van der Waals surface area contributed by atoms with Gasteiger partial charge in [0, 0.05) is 26.2 Å². The van der Waals surface area contributed by atoms with E-state index < -0.39 is 6.10 Å². The molecule has 27 heavy (non-hydrogen) atoms. The number of morpholine rings is 1. The number of carbonyl (C=O) groups is 1. The monoisotopic (exact) mass is 419 g/mol. The number of amides is 1. The Kier molecular flexibility index (Phi) is 11.2. The van der Waals surface area contributed by atoms with Crippen LogP contribution < -0.4 is 10.6 Å². The molecule has 2 atom stereocenters. The number of hydrogen-bond acceptors (Lipinski definition) is 5. The summed E-state index contributed by atoms with van der Waals surface area (Å²) in [5, 5.41) is 16.5. The number of ether oxygens (including phenoxy) is 1. The summed E-state index contributed by atoms with van der Waals surface area (Å²) in [6.07, 6.45) is 1.31. The lowest BCUT2D eigenvalue weighted by Gasteiger charge is -2.33. The molecule has 3 N–H and O–H groups in total. The van der Waals surface area contributed by atoms with Gasteiger partial charge in [0.05, 0.1) is 12.7 Å². The highest BCUT2D eigenvalue weighted by molar-refractivity contribution is 5.85. The van der Waals surface area contributed by atoms with Gasteiger partial charge in [-0.05, 0) is 37.4 Å². The fourth-order valence-electron chi connectivity index (χ4n) is 3.49. The molecule has 0 radical (unpaired) electrons. The Labute approximate surface area is 173 Å². The molecule has 1 aromatic rings. The molecule has 6 nitrogen and oxygen atoms in total. The summed E-state index contributed by atoms with van der Waals surface area (Å²) in [5.74, 6) is 0.500. The van der Waals surface area contributed by atoms with Crippen molar-refractivity contribution < 1.29 is 14.6 Å². The normalized spacial score (nSPS) is 22.2. The third-order valence-electron chi connectivity index (χ3n) is 5.11. The van der Waals surface area contributed by atoms with Crippen molar-refractivity contribution in [2.45, 2.75) is 25.0 Å². The molecule has 2 fully saturated rings. The number of carbonyl (C=O) groups excluding carboxylic acids is 1. The highest BCUT2D eigenvalue weighted by Crippen LogP contribution is 2.20. The van der Waals surface area contributed by atoms with Gasteiger partial charge in [0.2, 0.25) is 5.91 Å². The van der Waals surface area contributed by atoms with E-state index in [4.69, 9.17) is 4.74 Å². The molecule has 0 aromatic heterocycles. The van der Waals surface area contributed by atoms with Crippen molar-refractivity contribution in [1.82, 2.24) is 15.5 Å². The van der Waals surface area contributed by atoms with Crippen LogP contribution in [-0.4, -0.2) is 67.9 Å². The van der Waals surface area contributed by atoms with Gasteiger partial charge in [0.15, 0.2) is 0 Å². The maximum Gasteiger partial charge on any atom is 0.250 e. The Morgan fingerprint density at radius 1 is 1.26 bits per heavy atom. The number of halogens is 2.